The largest absolute Gasteiger partial charge is 0.337 e. The van der Waals surface area contributed by atoms with E-state index in [2.05, 4.69) is 10.6 Å². The standard InChI is InChI=1S/C9H16N2O/c1-2-7-8(12)11-9(10-7)5-3-4-6-9/h7,10H,2-6H2,1H3,(H,11,12). The minimum Gasteiger partial charge on any atom is -0.337 e. The van der Waals surface area contributed by atoms with E-state index in [1.54, 1.807) is 0 Å². The Kier molecular flexibility index (Phi) is 1.83. The summed E-state index contributed by atoms with van der Waals surface area (Å²) in [5.41, 5.74) is -0.0161. The van der Waals surface area contributed by atoms with Gasteiger partial charge < -0.3 is 5.32 Å². The van der Waals surface area contributed by atoms with Crippen LogP contribution in [0.4, 0.5) is 0 Å². The number of carbonyl (C=O) groups excluding carboxylic acids is 1. The Morgan fingerprint density at radius 2 is 2.17 bits per heavy atom. The van der Waals surface area contributed by atoms with Crippen molar-refractivity contribution in [2.75, 3.05) is 0 Å². The Morgan fingerprint density at radius 1 is 1.50 bits per heavy atom. The van der Waals surface area contributed by atoms with Gasteiger partial charge in [0.1, 0.15) is 0 Å². The molecule has 1 spiro atoms. The molecule has 1 aliphatic carbocycles. The van der Waals surface area contributed by atoms with E-state index < -0.39 is 0 Å². The summed E-state index contributed by atoms with van der Waals surface area (Å²) in [6, 6.07) is 0.0584. The molecule has 1 amide bonds. The highest BCUT2D eigenvalue weighted by Crippen LogP contribution is 2.30. The molecule has 2 aliphatic rings. The predicted molar refractivity (Wildman–Crippen MR) is 46.6 cm³/mol. The van der Waals surface area contributed by atoms with Gasteiger partial charge in [0.05, 0.1) is 11.7 Å². The monoisotopic (exact) mass is 168 g/mol. The van der Waals surface area contributed by atoms with Gasteiger partial charge in [-0.05, 0) is 32.1 Å². The topological polar surface area (TPSA) is 41.1 Å². The van der Waals surface area contributed by atoms with Crippen LogP contribution < -0.4 is 10.6 Å². The smallest absolute Gasteiger partial charge is 0.238 e. The number of carbonyl (C=O) groups is 1. The van der Waals surface area contributed by atoms with Crippen molar-refractivity contribution in [3.63, 3.8) is 0 Å². The van der Waals surface area contributed by atoms with Crippen LogP contribution >= 0.6 is 0 Å². The SMILES string of the molecule is CCC1NC2(CCCC2)NC1=O. The fourth-order valence-electron chi connectivity index (χ4n) is 2.29. The third kappa shape index (κ3) is 1.12. The molecule has 1 saturated carbocycles. The van der Waals surface area contributed by atoms with Crippen LogP contribution in [0.25, 0.3) is 0 Å². The Labute approximate surface area is 72.9 Å². The van der Waals surface area contributed by atoms with Crippen molar-refractivity contribution in [1.29, 1.82) is 0 Å². The zero-order chi connectivity index (χ0) is 8.60. The van der Waals surface area contributed by atoms with Gasteiger partial charge in [0.2, 0.25) is 5.91 Å². The molecule has 2 N–H and O–H groups in total. The zero-order valence-electron chi connectivity index (χ0n) is 7.52. The van der Waals surface area contributed by atoms with Gasteiger partial charge in [0.25, 0.3) is 0 Å². The number of rotatable bonds is 1. The van der Waals surface area contributed by atoms with E-state index >= 15 is 0 Å². The van der Waals surface area contributed by atoms with Crippen LogP contribution in [0.15, 0.2) is 0 Å². The highest BCUT2D eigenvalue weighted by Gasteiger charge is 2.43. The van der Waals surface area contributed by atoms with Crippen molar-refractivity contribution < 1.29 is 4.79 Å². The lowest BCUT2D eigenvalue weighted by Gasteiger charge is -2.23. The molecule has 2 rings (SSSR count). The molecule has 3 heteroatoms. The van der Waals surface area contributed by atoms with E-state index in [9.17, 15) is 4.79 Å². The maximum absolute atomic E-state index is 11.4. The minimum atomic E-state index is -0.0161. The molecule has 1 atom stereocenters. The molecule has 0 bridgehead atoms. The average molecular weight is 168 g/mol. The molecule has 12 heavy (non-hydrogen) atoms. The first-order valence-electron chi connectivity index (χ1n) is 4.85. The van der Waals surface area contributed by atoms with Gasteiger partial charge in [-0.3, -0.25) is 10.1 Å². The van der Waals surface area contributed by atoms with Crippen LogP contribution in [-0.2, 0) is 4.79 Å². The third-order valence-electron chi connectivity index (χ3n) is 2.99. The third-order valence-corrected chi connectivity index (χ3v) is 2.99. The maximum Gasteiger partial charge on any atom is 0.238 e. The van der Waals surface area contributed by atoms with Crippen LogP contribution in [0.5, 0.6) is 0 Å². The zero-order valence-corrected chi connectivity index (χ0v) is 7.52. The molecule has 68 valence electrons. The van der Waals surface area contributed by atoms with E-state index in [0.717, 1.165) is 19.3 Å². The van der Waals surface area contributed by atoms with Crippen LogP contribution in [-0.4, -0.2) is 17.6 Å². The lowest BCUT2D eigenvalue weighted by Crippen LogP contribution is -2.47. The lowest BCUT2D eigenvalue weighted by molar-refractivity contribution is -0.121. The second kappa shape index (κ2) is 2.73. The second-order valence-corrected chi connectivity index (χ2v) is 3.88. The van der Waals surface area contributed by atoms with Crippen molar-refractivity contribution in [2.45, 2.75) is 50.7 Å². The van der Waals surface area contributed by atoms with Crippen LogP contribution in [0, 0.1) is 0 Å². The molecule has 1 unspecified atom stereocenters. The van der Waals surface area contributed by atoms with Crippen molar-refractivity contribution >= 4 is 5.91 Å². The lowest BCUT2D eigenvalue weighted by atomic mass is 10.1. The Morgan fingerprint density at radius 3 is 2.67 bits per heavy atom. The number of nitrogens with one attached hydrogen (secondary N) is 2. The fraction of sp³-hybridized carbons (Fsp3) is 0.889. The molecule has 1 aliphatic heterocycles. The Balaban J connectivity index is 2.08. The number of amides is 1. The quantitative estimate of drug-likeness (QED) is 0.606. The van der Waals surface area contributed by atoms with E-state index in [-0.39, 0.29) is 17.6 Å². The van der Waals surface area contributed by atoms with Gasteiger partial charge in [0.15, 0.2) is 0 Å². The highest BCUT2D eigenvalue weighted by molar-refractivity contribution is 5.84. The summed E-state index contributed by atoms with van der Waals surface area (Å²) in [5, 5.41) is 6.49. The van der Waals surface area contributed by atoms with Crippen molar-refractivity contribution in [2.24, 2.45) is 0 Å². The average Bonchev–Trinajstić information content (AvgIpc) is 2.60. The molecule has 2 fully saturated rings. The van der Waals surface area contributed by atoms with E-state index in [1.165, 1.54) is 12.8 Å². The molecular formula is C9H16N2O. The van der Waals surface area contributed by atoms with Gasteiger partial charge in [-0.15, -0.1) is 0 Å². The van der Waals surface area contributed by atoms with Gasteiger partial charge in [0, 0.05) is 0 Å². The highest BCUT2D eigenvalue weighted by atomic mass is 16.2. The summed E-state index contributed by atoms with van der Waals surface area (Å²) in [5.74, 6) is 0.194. The summed E-state index contributed by atoms with van der Waals surface area (Å²) < 4.78 is 0. The molecule has 0 aromatic carbocycles. The molecule has 0 aromatic heterocycles. The normalized spacial score (nSPS) is 32.8. The molecule has 0 aromatic rings. The van der Waals surface area contributed by atoms with Gasteiger partial charge in [-0.25, -0.2) is 0 Å². The molecule has 0 radical (unpaired) electrons. The van der Waals surface area contributed by atoms with E-state index in [0.29, 0.717) is 0 Å². The second-order valence-electron chi connectivity index (χ2n) is 3.88. The summed E-state index contributed by atoms with van der Waals surface area (Å²) >= 11 is 0. The summed E-state index contributed by atoms with van der Waals surface area (Å²) in [6.07, 6.45) is 5.59. The minimum absolute atomic E-state index is 0.0161. The van der Waals surface area contributed by atoms with E-state index in [4.69, 9.17) is 0 Å². The van der Waals surface area contributed by atoms with Crippen LogP contribution in [0.1, 0.15) is 39.0 Å². The van der Waals surface area contributed by atoms with Crippen molar-refractivity contribution in [3.8, 4) is 0 Å². The summed E-state index contributed by atoms with van der Waals surface area (Å²) in [4.78, 5) is 11.4. The number of hydrogen-bond acceptors (Lipinski definition) is 2. The van der Waals surface area contributed by atoms with Gasteiger partial charge in [-0.1, -0.05) is 6.92 Å². The summed E-state index contributed by atoms with van der Waals surface area (Å²) in [7, 11) is 0. The summed E-state index contributed by atoms with van der Waals surface area (Å²) in [6.45, 7) is 2.05. The molecule has 1 saturated heterocycles. The number of hydrogen-bond donors (Lipinski definition) is 2. The van der Waals surface area contributed by atoms with Crippen LogP contribution in [0.3, 0.4) is 0 Å². The molecule has 3 nitrogen and oxygen atoms in total. The predicted octanol–water partition coefficient (Wildman–Crippen LogP) is 0.755. The first-order chi connectivity index (χ1) is 5.76. The van der Waals surface area contributed by atoms with Crippen molar-refractivity contribution in [1.82, 2.24) is 10.6 Å². The van der Waals surface area contributed by atoms with E-state index in [1.807, 2.05) is 6.92 Å². The first kappa shape index (κ1) is 8.05. The fourth-order valence-corrected chi connectivity index (χ4v) is 2.29. The van der Waals surface area contributed by atoms with Crippen molar-refractivity contribution in [3.05, 3.63) is 0 Å². The Bertz CT molecular complexity index is 197. The Hall–Kier alpha value is -0.570. The molecule has 1 heterocycles. The molecular weight excluding hydrogens is 152 g/mol. The van der Waals surface area contributed by atoms with Crippen LogP contribution in [0.2, 0.25) is 0 Å². The van der Waals surface area contributed by atoms with Gasteiger partial charge in [-0.2, -0.15) is 0 Å². The first-order valence-corrected chi connectivity index (χ1v) is 4.85. The van der Waals surface area contributed by atoms with Gasteiger partial charge >= 0.3 is 0 Å². The maximum atomic E-state index is 11.4.